The lowest BCUT2D eigenvalue weighted by Gasteiger charge is -1.65. The molecule has 0 amide bonds. The van der Waals surface area contributed by atoms with Gasteiger partial charge in [0.1, 0.15) is 10.8 Å². The second-order valence-corrected chi connectivity index (χ2v) is 4.00. The average molecular weight is 198 g/mol. The van der Waals surface area contributed by atoms with E-state index in [4.69, 9.17) is 0 Å². The van der Waals surface area contributed by atoms with Crippen LogP contribution < -0.4 is 9.97 Å². The monoisotopic (exact) mass is 198 g/mol. The van der Waals surface area contributed by atoms with E-state index in [0.29, 0.717) is 0 Å². The number of nitrogens with zero attached hydrogens (tertiary/aromatic N) is 2. The Balaban J connectivity index is 2.14. The van der Waals surface area contributed by atoms with Crippen molar-refractivity contribution in [2.45, 2.75) is 10.1 Å². The lowest BCUT2D eigenvalue weighted by atomic mass is 11.0. The molecule has 0 atom stereocenters. The zero-order chi connectivity index (χ0) is 7.52. The summed E-state index contributed by atoms with van der Waals surface area (Å²) in [7, 11) is 0. The largest absolute Gasteiger partial charge is 0.398 e. The van der Waals surface area contributed by atoms with Crippen LogP contribution in [0.15, 0.2) is 20.8 Å². The van der Waals surface area contributed by atoms with E-state index >= 15 is 0 Å². The van der Waals surface area contributed by atoms with Crippen molar-refractivity contribution >= 4 is 34.4 Å². The fourth-order valence-electron chi connectivity index (χ4n) is 0.550. The molecule has 0 saturated heterocycles. The van der Waals surface area contributed by atoms with Crippen molar-refractivity contribution in [3.63, 3.8) is 0 Å². The van der Waals surface area contributed by atoms with Crippen LogP contribution in [0.5, 0.6) is 0 Å². The molecule has 0 radical (unpaired) electrons. The zero-order valence-electron chi connectivity index (χ0n) is 5.27. The molecule has 0 saturated carbocycles. The van der Waals surface area contributed by atoms with Gasteiger partial charge in [-0.05, 0) is 32.6 Å². The summed E-state index contributed by atoms with van der Waals surface area (Å²) in [5.41, 5.74) is 5.56. The number of hydrogen-bond donors (Lipinski definition) is 0. The molecule has 0 aromatic carbocycles. The first kappa shape index (κ1) is 6.93. The van der Waals surface area contributed by atoms with Gasteiger partial charge in [0.05, 0.1) is 11.8 Å². The van der Waals surface area contributed by atoms with Crippen molar-refractivity contribution in [1.82, 2.24) is 0 Å². The minimum Gasteiger partial charge on any atom is -0.00939 e. The van der Waals surface area contributed by atoms with Gasteiger partial charge < -0.3 is 0 Å². The molecular formula is C6H2N2S3+2. The van der Waals surface area contributed by atoms with Gasteiger partial charge in [-0.3, -0.25) is 0 Å². The van der Waals surface area contributed by atoms with E-state index in [2.05, 4.69) is 21.0 Å². The Morgan fingerprint density at radius 1 is 1.09 bits per heavy atom. The van der Waals surface area contributed by atoms with E-state index in [0.717, 1.165) is 10.1 Å². The van der Waals surface area contributed by atoms with E-state index in [-0.39, 0.29) is 0 Å². The van der Waals surface area contributed by atoms with E-state index in [1.165, 1.54) is 34.4 Å². The van der Waals surface area contributed by atoms with Crippen LogP contribution in [0.1, 0.15) is 0 Å². The molecule has 0 unspecified atom stereocenters. The summed E-state index contributed by atoms with van der Waals surface area (Å²) in [6, 6.07) is 0. The van der Waals surface area contributed by atoms with E-state index < -0.39 is 0 Å². The molecule has 2 nitrogen and oxygen atoms in total. The van der Waals surface area contributed by atoms with Crippen molar-refractivity contribution < 1.29 is 9.97 Å². The van der Waals surface area contributed by atoms with E-state index in [1.807, 2.05) is 10.8 Å². The Morgan fingerprint density at radius 3 is 2.00 bits per heavy atom. The molecule has 0 aliphatic rings. The van der Waals surface area contributed by atoms with Crippen molar-refractivity contribution in [3.8, 4) is 0 Å². The maximum Gasteiger partial charge on any atom is 0.398 e. The SMILES string of the molecule is c1scc(Sc2csc#[n+]2)[n+]#1. The predicted molar refractivity (Wildman–Crippen MR) is 41.6 cm³/mol. The molecule has 2 heterocycles. The number of rotatable bonds is 2. The summed E-state index contributed by atoms with van der Waals surface area (Å²) in [5, 5.41) is 5.80. The van der Waals surface area contributed by atoms with Crippen LogP contribution in [-0.2, 0) is 0 Å². The maximum atomic E-state index is 4.00. The van der Waals surface area contributed by atoms with Gasteiger partial charge >= 0.3 is 21.1 Å². The fraction of sp³-hybridized carbons (Fsp3) is 0. The fourth-order valence-corrected chi connectivity index (χ4v) is 2.45. The van der Waals surface area contributed by atoms with Crippen LogP contribution in [-0.4, -0.2) is 0 Å². The summed E-state index contributed by atoms with van der Waals surface area (Å²) in [6.45, 7) is 0. The molecule has 5 heteroatoms. The van der Waals surface area contributed by atoms with Gasteiger partial charge in [-0.1, -0.05) is 0 Å². The van der Waals surface area contributed by atoms with Gasteiger partial charge in [-0.15, -0.1) is 0 Å². The molecule has 11 heavy (non-hydrogen) atoms. The summed E-state index contributed by atoms with van der Waals surface area (Å²) in [5.74, 6) is 0. The maximum absolute atomic E-state index is 4.00. The Kier molecular flexibility index (Phi) is 1.95. The summed E-state index contributed by atoms with van der Waals surface area (Å²) < 4.78 is 0. The Bertz CT molecular complexity index is 268. The highest BCUT2D eigenvalue weighted by Gasteiger charge is 2.16. The minimum atomic E-state index is 0.953. The molecule has 2 aromatic heterocycles. The third kappa shape index (κ3) is 1.63. The van der Waals surface area contributed by atoms with E-state index in [1.54, 1.807) is 0 Å². The second-order valence-electron chi connectivity index (χ2n) is 1.66. The first-order valence-corrected chi connectivity index (χ1v) is 5.34. The summed E-state index contributed by atoms with van der Waals surface area (Å²) in [4.78, 5) is 8.00. The lowest BCUT2D eigenvalue weighted by molar-refractivity contribution is -0.350. The van der Waals surface area contributed by atoms with Gasteiger partial charge in [0.15, 0.2) is 0 Å². The molecule has 2 rings (SSSR count). The van der Waals surface area contributed by atoms with Gasteiger partial charge in [0.25, 0.3) is 0 Å². The molecular weight excluding hydrogens is 196 g/mol. The molecule has 52 valence electrons. The summed E-state index contributed by atoms with van der Waals surface area (Å²) in [6.07, 6.45) is 0. The van der Waals surface area contributed by atoms with Crippen LogP contribution in [0.3, 0.4) is 0 Å². The van der Waals surface area contributed by atoms with Crippen LogP contribution in [0.2, 0.25) is 0 Å². The topological polar surface area (TPSA) is 28.2 Å². The van der Waals surface area contributed by atoms with E-state index in [9.17, 15) is 0 Å². The first-order valence-electron chi connectivity index (χ1n) is 2.76. The summed E-state index contributed by atoms with van der Waals surface area (Å²) >= 11 is 4.48. The van der Waals surface area contributed by atoms with Crippen molar-refractivity contribution in [3.05, 3.63) is 21.8 Å². The van der Waals surface area contributed by atoms with Gasteiger partial charge in [0, 0.05) is 0 Å². The van der Waals surface area contributed by atoms with Gasteiger partial charge in [-0.2, -0.15) is 0 Å². The van der Waals surface area contributed by atoms with Crippen molar-refractivity contribution in [2.24, 2.45) is 0 Å². The second kappa shape index (κ2) is 3.10. The Labute approximate surface area is 76.3 Å². The van der Waals surface area contributed by atoms with Gasteiger partial charge in [-0.25, -0.2) is 0 Å². The minimum absolute atomic E-state index is 0.953. The van der Waals surface area contributed by atoms with Crippen molar-refractivity contribution in [1.29, 1.82) is 0 Å². The highest BCUT2D eigenvalue weighted by molar-refractivity contribution is 7.99. The molecule has 2 aromatic rings. The quantitative estimate of drug-likeness (QED) is 0.713. The highest BCUT2D eigenvalue weighted by Crippen LogP contribution is 2.20. The third-order valence-electron chi connectivity index (χ3n) is 0.946. The number of hydrogen-bond acceptors (Lipinski definition) is 3. The van der Waals surface area contributed by atoms with Crippen LogP contribution >= 0.6 is 34.4 Å². The molecule has 0 aliphatic heterocycles. The Hall–Kier alpha value is -0.750. The van der Waals surface area contributed by atoms with Crippen molar-refractivity contribution in [2.75, 3.05) is 0 Å². The lowest BCUT2D eigenvalue weighted by Crippen LogP contribution is -1.93. The molecule has 0 aliphatic carbocycles. The zero-order valence-corrected chi connectivity index (χ0v) is 7.72. The molecule has 0 fully saturated rings. The Morgan fingerprint density at radius 2 is 1.64 bits per heavy atom. The van der Waals surface area contributed by atoms with Crippen LogP contribution in [0.4, 0.5) is 0 Å². The molecule has 0 bridgehead atoms. The molecule has 0 spiro atoms. The standard InChI is InChI=1S/C6H2N2S3/c1-5(7-3-9-1)11-6-2-10-4-8-6/h1-2H/q+2. The van der Waals surface area contributed by atoms with Crippen LogP contribution in [0, 0.1) is 11.0 Å². The predicted octanol–water partition coefficient (Wildman–Crippen LogP) is 0.761. The first-order chi connectivity index (χ1) is 5.45. The third-order valence-corrected chi connectivity index (χ3v) is 3.16. The smallest absolute Gasteiger partial charge is 0.00939 e. The number of aromatic nitrogens is 2. The molecule has 0 N–H and O–H groups in total. The average Bonchev–Trinajstić information content (AvgIpc) is 2.60. The van der Waals surface area contributed by atoms with Crippen LogP contribution in [0.25, 0.3) is 0 Å². The van der Waals surface area contributed by atoms with Gasteiger partial charge in [0.2, 0.25) is 0 Å². The normalized spacial score (nSPS) is 8.73. The highest BCUT2D eigenvalue weighted by atomic mass is 32.2.